The van der Waals surface area contributed by atoms with Gasteiger partial charge >= 0.3 is 12.0 Å². The molecule has 0 aromatic rings. The zero-order chi connectivity index (χ0) is 15.1. The average Bonchev–Trinajstić information content (AvgIpc) is 2.89. The minimum Gasteiger partial charge on any atom is -0.480 e. The summed E-state index contributed by atoms with van der Waals surface area (Å²) >= 11 is 0. The highest BCUT2D eigenvalue weighted by Crippen LogP contribution is 2.15. The minimum absolute atomic E-state index is 0.250. The highest BCUT2D eigenvalue weighted by atomic mass is 16.4. The number of likely N-dealkylation sites (tertiary alicyclic amines) is 1. The molecular weight excluding hydrogens is 258 g/mol. The molecule has 1 aliphatic rings. The maximum Gasteiger partial charge on any atom is 0.326 e. The Morgan fingerprint density at radius 3 is 2.50 bits per heavy atom. The van der Waals surface area contributed by atoms with Crippen molar-refractivity contribution in [2.24, 2.45) is 0 Å². The van der Waals surface area contributed by atoms with Crippen LogP contribution in [0.15, 0.2) is 0 Å². The maximum absolute atomic E-state index is 12.1. The number of carbonyl (C=O) groups excluding carboxylic acids is 1. The van der Waals surface area contributed by atoms with Crippen LogP contribution >= 0.6 is 0 Å². The molecule has 1 heterocycles. The Bertz CT molecular complexity index is 332. The number of urea groups is 1. The lowest BCUT2D eigenvalue weighted by Gasteiger charge is -2.26. The van der Waals surface area contributed by atoms with E-state index >= 15 is 0 Å². The second-order valence-electron chi connectivity index (χ2n) is 5.24. The lowest BCUT2D eigenvalue weighted by Crippen LogP contribution is -2.48. The number of aliphatic carboxylic acids is 1. The molecule has 0 aromatic carbocycles. The number of nitrogens with one attached hydrogen (secondary N) is 1. The number of amides is 2. The third kappa shape index (κ3) is 4.37. The summed E-state index contributed by atoms with van der Waals surface area (Å²) in [6.07, 6.45) is 2.16. The third-order valence-electron chi connectivity index (χ3n) is 3.95. The van der Waals surface area contributed by atoms with Gasteiger partial charge in [0.15, 0.2) is 0 Å². The van der Waals surface area contributed by atoms with Crippen LogP contribution in [0.1, 0.15) is 40.0 Å². The van der Waals surface area contributed by atoms with E-state index in [-0.39, 0.29) is 6.03 Å². The number of likely N-dealkylation sites (N-methyl/N-ethyl adjacent to an activating group) is 1. The summed E-state index contributed by atoms with van der Waals surface area (Å²) in [5.74, 6) is -0.959. The van der Waals surface area contributed by atoms with Gasteiger partial charge in [-0.05, 0) is 25.9 Å². The lowest BCUT2D eigenvalue weighted by atomic mass is 10.2. The molecule has 6 heteroatoms. The van der Waals surface area contributed by atoms with Crippen LogP contribution in [0.5, 0.6) is 0 Å². The number of hydrogen-bond acceptors (Lipinski definition) is 3. The van der Waals surface area contributed by atoms with Crippen molar-refractivity contribution < 1.29 is 14.7 Å². The predicted molar refractivity (Wildman–Crippen MR) is 77.8 cm³/mol. The molecule has 0 bridgehead atoms. The number of carboxylic acids is 1. The summed E-state index contributed by atoms with van der Waals surface area (Å²) in [5.41, 5.74) is 0. The Kier molecular flexibility index (Phi) is 6.78. The van der Waals surface area contributed by atoms with Crippen molar-refractivity contribution in [3.05, 3.63) is 0 Å². The normalized spacial score (nSPS) is 20.2. The molecule has 116 valence electrons. The van der Waals surface area contributed by atoms with Crippen LogP contribution in [0.4, 0.5) is 4.79 Å². The lowest BCUT2D eigenvalue weighted by molar-refractivity contribution is -0.139. The van der Waals surface area contributed by atoms with Crippen molar-refractivity contribution in [2.45, 2.75) is 52.1 Å². The van der Waals surface area contributed by atoms with E-state index in [1.54, 1.807) is 4.90 Å². The number of hydrogen-bond donors (Lipinski definition) is 2. The molecule has 0 aliphatic carbocycles. The fourth-order valence-electron chi connectivity index (χ4n) is 2.75. The fourth-order valence-corrected chi connectivity index (χ4v) is 2.75. The molecule has 0 radical (unpaired) electrons. The molecule has 2 atom stereocenters. The zero-order valence-electron chi connectivity index (χ0n) is 12.8. The fraction of sp³-hybridized carbons (Fsp3) is 0.857. The van der Waals surface area contributed by atoms with Gasteiger partial charge in [0, 0.05) is 19.1 Å². The Labute approximate surface area is 121 Å². The van der Waals surface area contributed by atoms with Gasteiger partial charge < -0.3 is 15.3 Å². The third-order valence-corrected chi connectivity index (χ3v) is 3.95. The van der Waals surface area contributed by atoms with E-state index in [1.807, 2.05) is 6.92 Å². The first-order valence-electron chi connectivity index (χ1n) is 7.55. The number of carbonyl (C=O) groups is 2. The van der Waals surface area contributed by atoms with Crippen molar-refractivity contribution in [1.29, 1.82) is 0 Å². The van der Waals surface area contributed by atoms with E-state index < -0.39 is 12.0 Å². The van der Waals surface area contributed by atoms with Crippen molar-refractivity contribution >= 4 is 12.0 Å². The quantitative estimate of drug-likeness (QED) is 0.741. The van der Waals surface area contributed by atoms with Crippen LogP contribution in [0.2, 0.25) is 0 Å². The highest BCUT2D eigenvalue weighted by molar-refractivity contribution is 5.82. The Hall–Kier alpha value is -1.30. The predicted octanol–water partition coefficient (Wildman–Crippen LogP) is 1.37. The van der Waals surface area contributed by atoms with Crippen LogP contribution in [-0.2, 0) is 4.79 Å². The standard InChI is InChI=1S/C14H27N3O3/c1-4-7-12(13(18)19)15-14(20)17-9-8-11(10-17)16(5-2)6-3/h11-12H,4-10H2,1-3H3,(H,15,20)(H,18,19). The van der Waals surface area contributed by atoms with E-state index in [9.17, 15) is 9.59 Å². The molecule has 20 heavy (non-hydrogen) atoms. The van der Waals surface area contributed by atoms with Gasteiger partial charge in [-0.1, -0.05) is 27.2 Å². The first-order valence-corrected chi connectivity index (χ1v) is 7.55. The van der Waals surface area contributed by atoms with Gasteiger partial charge in [0.2, 0.25) is 0 Å². The largest absolute Gasteiger partial charge is 0.480 e. The highest BCUT2D eigenvalue weighted by Gasteiger charge is 2.30. The Morgan fingerprint density at radius 2 is 2.00 bits per heavy atom. The molecule has 1 saturated heterocycles. The van der Waals surface area contributed by atoms with Gasteiger partial charge in [0.1, 0.15) is 6.04 Å². The van der Waals surface area contributed by atoms with E-state index in [2.05, 4.69) is 24.1 Å². The molecule has 2 amide bonds. The second kappa shape index (κ2) is 8.09. The summed E-state index contributed by atoms with van der Waals surface area (Å²) in [6, 6.07) is -0.634. The van der Waals surface area contributed by atoms with Crippen molar-refractivity contribution in [2.75, 3.05) is 26.2 Å². The summed E-state index contributed by atoms with van der Waals surface area (Å²) in [5, 5.41) is 11.7. The van der Waals surface area contributed by atoms with Gasteiger partial charge in [0.05, 0.1) is 0 Å². The molecular formula is C14H27N3O3. The Morgan fingerprint density at radius 1 is 1.35 bits per heavy atom. The summed E-state index contributed by atoms with van der Waals surface area (Å²) in [4.78, 5) is 27.2. The minimum atomic E-state index is -0.959. The van der Waals surface area contributed by atoms with Crippen molar-refractivity contribution in [3.8, 4) is 0 Å². The summed E-state index contributed by atoms with van der Waals surface area (Å²) in [6.45, 7) is 9.49. The first kappa shape index (κ1) is 16.8. The van der Waals surface area contributed by atoms with E-state index in [1.165, 1.54) is 0 Å². The van der Waals surface area contributed by atoms with Crippen LogP contribution in [0, 0.1) is 0 Å². The monoisotopic (exact) mass is 285 g/mol. The zero-order valence-corrected chi connectivity index (χ0v) is 12.8. The molecule has 6 nitrogen and oxygen atoms in total. The number of nitrogens with zero attached hydrogens (tertiary/aromatic N) is 2. The molecule has 0 aromatic heterocycles. The van der Waals surface area contributed by atoms with Crippen molar-refractivity contribution in [3.63, 3.8) is 0 Å². The van der Waals surface area contributed by atoms with Gasteiger partial charge in [-0.25, -0.2) is 9.59 Å². The molecule has 2 unspecified atom stereocenters. The molecule has 1 fully saturated rings. The van der Waals surface area contributed by atoms with Gasteiger partial charge in [-0.2, -0.15) is 0 Å². The van der Waals surface area contributed by atoms with E-state index in [4.69, 9.17) is 5.11 Å². The van der Waals surface area contributed by atoms with Crippen LogP contribution < -0.4 is 5.32 Å². The van der Waals surface area contributed by atoms with Crippen LogP contribution in [-0.4, -0.2) is 65.2 Å². The molecule has 0 spiro atoms. The molecule has 2 N–H and O–H groups in total. The molecule has 1 rings (SSSR count). The summed E-state index contributed by atoms with van der Waals surface area (Å²) < 4.78 is 0. The summed E-state index contributed by atoms with van der Waals surface area (Å²) in [7, 11) is 0. The Balaban J connectivity index is 2.51. The average molecular weight is 285 g/mol. The van der Waals surface area contributed by atoms with Gasteiger partial charge in [0.25, 0.3) is 0 Å². The van der Waals surface area contributed by atoms with Gasteiger partial charge in [-0.15, -0.1) is 0 Å². The van der Waals surface area contributed by atoms with Crippen molar-refractivity contribution in [1.82, 2.24) is 15.1 Å². The smallest absolute Gasteiger partial charge is 0.326 e. The number of rotatable bonds is 7. The topological polar surface area (TPSA) is 72.9 Å². The SMILES string of the molecule is CCCC(NC(=O)N1CCC(N(CC)CC)C1)C(=O)O. The number of carboxylic acid groups (broad SMARTS) is 1. The van der Waals surface area contributed by atoms with E-state index in [0.717, 1.165) is 25.9 Å². The first-order chi connectivity index (χ1) is 9.53. The maximum atomic E-state index is 12.1. The van der Waals surface area contributed by atoms with Crippen LogP contribution in [0.3, 0.4) is 0 Å². The van der Waals surface area contributed by atoms with E-state index in [0.29, 0.717) is 25.6 Å². The molecule has 1 aliphatic heterocycles. The second-order valence-corrected chi connectivity index (χ2v) is 5.24. The van der Waals surface area contributed by atoms with Gasteiger partial charge in [-0.3, -0.25) is 4.90 Å². The van der Waals surface area contributed by atoms with Crippen LogP contribution in [0.25, 0.3) is 0 Å². The molecule has 0 saturated carbocycles.